The van der Waals surface area contributed by atoms with Crippen molar-refractivity contribution < 1.29 is 18.7 Å². The molecule has 0 spiro atoms. The maximum atomic E-state index is 13.7. The van der Waals surface area contributed by atoms with E-state index in [9.17, 15) is 18.7 Å². The molecule has 0 radical (unpaired) electrons. The summed E-state index contributed by atoms with van der Waals surface area (Å²) in [5.41, 5.74) is -1.01. The summed E-state index contributed by atoms with van der Waals surface area (Å²) in [5.74, 6) is -1.93. The summed E-state index contributed by atoms with van der Waals surface area (Å²) in [7, 11) is 0. The van der Waals surface area contributed by atoms with E-state index in [0.29, 0.717) is 11.1 Å². The molecule has 6 heteroatoms. The number of carbonyl (C=O) groups excluding carboxylic acids is 1. The summed E-state index contributed by atoms with van der Waals surface area (Å²) in [6.45, 7) is 1.15. The molecular weight excluding hydrogens is 324 g/mol. The first-order valence-electron chi connectivity index (χ1n) is 6.97. The molecule has 0 heterocycles. The fourth-order valence-electron chi connectivity index (χ4n) is 2.19. The molecule has 3 nitrogen and oxygen atoms in total. The van der Waals surface area contributed by atoms with Crippen LogP contribution in [0.5, 0.6) is 0 Å². The van der Waals surface area contributed by atoms with Gasteiger partial charge in [0.25, 0.3) is 0 Å². The zero-order valence-electron chi connectivity index (χ0n) is 12.4. The molecule has 2 aromatic carbocycles. The standard InChI is InChI=1S/C17H16ClF2NO2/c1-17(23,14-6-5-13(19)9-15(14)20)10-21-16(22)8-11-3-2-4-12(18)7-11/h2-7,9,23H,8,10H2,1H3,(H,21,22). The molecule has 1 atom stereocenters. The fraction of sp³-hybridized carbons (Fsp3) is 0.235. The molecule has 0 aliphatic carbocycles. The predicted molar refractivity (Wildman–Crippen MR) is 84.1 cm³/mol. The summed E-state index contributed by atoms with van der Waals surface area (Å²) >= 11 is 5.84. The number of hydrogen-bond acceptors (Lipinski definition) is 2. The summed E-state index contributed by atoms with van der Waals surface area (Å²) in [6, 6.07) is 9.76. The Morgan fingerprint density at radius 1 is 1.26 bits per heavy atom. The van der Waals surface area contributed by atoms with E-state index in [1.807, 2.05) is 0 Å². The Kier molecular flexibility index (Phi) is 5.34. The van der Waals surface area contributed by atoms with Gasteiger partial charge in [-0.1, -0.05) is 29.8 Å². The van der Waals surface area contributed by atoms with Gasteiger partial charge in [-0.05, 0) is 30.7 Å². The van der Waals surface area contributed by atoms with E-state index in [2.05, 4.69) is 5.32 Å². The first kappa shape index (κ1) is 17.4. The van der Waals surface area contributed by atoms with Crippen molar-refractivity contribution in [2.45, 2.75) is 18.9 Å². The van der Waals surface area contributed by atoms with E-state index < -0.39 is 17.2 Å². The molecule has 23 heavy (non-hydrogen) atoms. The monoisotopic (exact) mass is 339 g/mol. The Morgan fingerprint density at radius 2 is 2.00 bits per heavy atom. The third-order valence-corrected chi connectivity index (χ3v) is 3.63. The minimum Gasteiger partial charge on any atom is -0.383 e. The molecular formula is C17H16ClF2NO2. The van der Waals surface area contributed by atoms with Crippen molar-refractivity contribution in [1.29, 1.82) is 0 Å². The largest absolute Gasteiger partial charge is 0.383 e. The molecule has 0 aliphatic rings. The van der Waals surface area contributed by atoms with Crippen molar-refractivity contribution in [2.75, 3.05) is 6.54 Å². The van der Waals surface area contributed by atoms with Crippen LogP contribution in [-0.4, -0.2) is 17.6 Å². The van der Waals surface area contributed by atoms with Gasteiger partial charge in [0.2, 0.25) is 5.91 Å². The quantitative estimate of drug-likeness (QED) is 0.879. The third kappa shape index (κ3) is 4.74. The van der Waals surface area contributed by atoms with Crippen molar-refractivity contribution in [3.63, 3.8) is 0 Å². The van der Waals surface area contributed by atoms with Crippen molar-refractivity contribution >= 4 is 17.5 Å². The van der Waals surface area contributed by atoms with Crippen LogP contribution in [0.4, 0.5) is 8.78 Å². The smallest absolute Gasteiger partial charge is 0.224 e. The van der Waals surface area contributed by atoms with Gasteiger partial charge in [-0.25, -0.2) is 8.78 Å². The highest BCUT2D eigenvalue weighted by molar-refractivity contribution is 6.30. The normalized spacial score (nSPS) is 13.4. The summed E-state index contributed by atoms with van der Waals surface area (Å²) < 4.78 is 26.7. The zero-order chi connectivity index (χ0) is 17.0. The van der Waals surface area contributed by atoms with E-state index in [1.54, 1.807) is 24.3 Å². The Hall–Kier alpha value is -1.98. The minimum absolute atomic E-state index is 0.0815. The van der Waals surface area contributed by atoms with Crippen LogP contribution >= 0.6 is 11.6 Å². The number of hydrogen-bond donors (Lipinski definition) is 2. The topological polar surface area (TPSA) is 49.3 Å². The highest BCUT2D eigenvalue weighted by atomic mass is 35.5. The van der Waals surface area contributed by atoms with Crippen LogP contribution in [0.15, 0.2) is 42.5 Å². The molecule has 0 fully saturated rings. The molecule has 1 amide bonds. The summed E-state index contributed by atoms with van der Waals surface area (Å²) in [6.07, 6.45) is 0.0859. The first-order chi connectivity index (χ1) is 10.8. The van der Waals surface area contributed by atoms with E-state index >= 15 is 0 Å². The molecule has 0 aromatic heterocycles. The van der Waals surface area contributed by atoms with E-state index in [1.165, 1.54) is 6.92 Å². The Bertz CT molecular complexity index is 719. The van der Waals surface area contributed by atoms with E-state index in [0.717, 1.165) is 17.7 Å². The molecule has 1 unspecified atom stereocenters. The Balaban J connectivity index is 1.99. The lowest BCUT2D eigenvalue weighted by Gasteiger charge is -2.24. The van der Waals surface area contributed by atoms with Crippen molar-refractivity contribution in [3.05, 3.63) is 70.2 Å². The Labute approximate surface area is 137 Å². The lowest BCUT2D eigenvalue weighted by Crippen LogP contribution is -2.39. The van der Waals surface area contributed by atoms with E-state index in [4.69, 9.17) is 11.6 Å². The third-order valence-electron chi connectivity index (χ3n) is 3.39. The second-order valence-electron chi connectivity index (χ2n) is 5.48. The number of nitrogens with one attached hydrogen (secondary N) is 1. The number of halogens is 3. The average Bonchev–Trinajstić information content (AvgIpc) is 2.45. The first-order valence-corrected chi connectivity index (χ1v) is 7.35. The number of benzene rings is 2. The van der Waals surface area contributed by atoms with Crippen LogP contribution in [0.1, 0.15) is 18.1 Å². The van der Waals surface area contributed by atoms with Gasteiger partial charge < -0.3 is 10.4 Å². The van der Waals surface area contributed by atoms with Crippen LogP contribution in [0.25, 0.3) is 0 Å². The van der Waals surface area contributed by atoms with Gasteiger partial charge in [0.15, 0.2) is 0 Å². The molecule has 0 bridgehead atoms. The second-order valence-corrected chi connectivity index (χ2v) is 5.92. The van der Waals surface area contributed by atoms with Crippen LogP contribution in [0.2, 0.25) is 5.02 Å². The molecule has 0 saturated heterocycles. The molecule has 2 rings (SSSR count). The predicted octanol–water partition coefficient (Wildman–Crippen LogP) is 3.18. The molecule has 122 valence electrons. The fourth-order valence-corrected chi connectivity index (χ4v) is 2.40. The summed E-state index contributed by atoms with van der Waals surface area (Å²) in [4.78, 5) is 11.9. The lowest BCUT2D eigenvalue weighted by molar-refractivity contribution is -0.121. The van der Waals surface area contributed by atoms with Gasteiger partial charge in [-0.15, -0.1) is 0 Å². The zero-order valence-corrected chi connectivity index (χ0v) is 13.2. The van der Waals surface area contributed by atoms with Crippen molar-refractivity contribution in [2.24, 2.45) is 0 Å². The number of carbonyl (C=O) groups is 1. The number of aliphatic hydroxyl groups is 1. The Morgan fingerprint density at radius 3 is 2.65 bits per heavy atom. The van der Waals surface area contributed by atoms with Gasteiger partial charge in [-0.2, -0.15) is 0 Å². The van der Waals surface area contributed by atoms with Crippen molar-refractivity contribution in [3.8, 4) is 0 Å². The summed E-state index contributed by atoms with van der Waals surface area (Å²) in [5, 5.41) is 13.4. The molecule has 0 saturated carbocycles. The van der Waals surface area contributed by atoms with Gasteiger partial charge in [0.1, 0.15) is 17.2 Å². The average molecular weight is 340 g/mol. The maximum Gasteiger partial charge on any atom is 0.224 e. The van der Waals surface area contributed by atoms with Gasteiger partial charge in [0.05, 0.1) is 13.0 Å². The van der Waals surface area contributed by atoms with Gasteiger partial charge >= 0.3 is 0 Å². The molecule has 2 aromatic rings. The number of amides is 1. The molecule has 2 N–H and O–H groups in total. The van der Waals surface area contributed by atoms with Crippen molar-refractivity contribution in [1.82, 2.24) is 5.32 Å². The highest BCUT2D eigenvalue weighted by Gasteiger charge is 2.27. The van der Waals surface area contributed by atoms with Crippen LogP contribution in [0.3, 0.4) is 0 Å². The number of rotatable bonds is 5. The maximum absolute atomic E-state index is 13.7. The molecule has 0 aliphatic heterocycles. The highest BCUT2D eigenvalue weighted by Crippen LogP contribution is 2.23. The van der Waals surface area contributed by atoms with Gasteiger partial charge in [0, 0.05) is 16.7 Å². The van der Waals surface area contributed by atoms with Crippen LogP contribution < -0.4 is 5.32 Å². The SMILES string of the molecule is CC(O)(CNC(=O)Cc1cccc(Cl)c1)c1ccc(F)cc1F. The lowest BCUT2D eigenvalue weighted by atomic mass is 9.95. The second kappa shape index (κ2) is 7.06. The van der Waals surface area contributed by atoms with E-state index in [-0.39, 0.29) is 24.4 Å². The van der Waals surface area contributed by atoms with Gasteiger partial charge in [-0.3, -0.25) is 4.79 Å². The van der Waals surface area contributed by atoms with Crippen LogP contribution in [-0.2, 0) is 16.8 Å². The minimum atomic E-state index is -1.65. The van der Waals surface area contributed by atoms with Crippen LogP contribution in [0, 0.1) is 11.6 Å².